The zero-order valence-electron chi connectivity index (χ0n) is 15.4. The van der Waals surface area contributed by atoms with Gasteiger partial charge in [0.2, 0.25) is 5.91 Å². The van der Waals surface area contributed by atoms with E-state index in [2.05, 4.69) is 16.4 Å². The van der Waals surface area contributed by atoms with E-state index in [1.54, 1.807) is 35.4 Å². The maximum absolute atomic E-state index is 12.8. The molecular weight excluding hydrogens is 342 g/mol. The summed E-state index contributed by atoms with van der Waals surface area (Å²) in [4.78, 5) is 32.3. The largest absolute Gasteiger partial charge is 0.352 e. The molecule has 27 heavy (non-hydrogen) atoms. The maximum Gasteiger partial charge on any atom is 0.254 e. The van der Waals surface area contributed by atoms with Crippen LogP contribution in [0.2, 0.25) is 0 Å². The van der Waals surface area contributed by atoms with E-state index >= 15 is 0 Å². The van der Waals surface area contributed by atoms with Crippen LogP contribution in [0.4, 0.5) is 11.5 Å². The predicted octanol–water partition coefficient (Wildman–Crippen LogP) is 2.18. The van der Waals surface area contributed by atoms with Gasteiger partial charge in [-0.15, -0.1) is 0 Å². The predicted molar refractivity (Wildman–Crippen MR) is 103 cm³/mol. The lowest BCUT2D eigenvalue weighted by atomic mass is 10.1. The number of carbonyl (C=O) groups is 2. The van der Waals surface area contributed by atoms with Crippen molar-refractivity contribution < 1.29 is 9.59 Å². The molecule has 1 aliphatic rings. The zero-order valence-corrected chi connectivity index (χ0v) is 15.4. The molecule has 1 fully saturated rings. The van der Waals surface area contributed by atoms with Gasteiger partial charge in [0.05, 0.1) is 5.56 Å². The number of pyridine rings is 1. The number of nitrogens with zero attached hydrogens (tertiary/aromatic N) is 4. The van der Waals surface area contributed by atoms with E-state index in [4.69, 9.17) is 0 Å². The molecule has 0 atom stereocenters. The molecule has 0 unspecified atom stereocenters. The first-order valence-electron chi connectivity index (χ1n) is 8.77. The highest BCUT2D eigenvalue weighted by Crippen LogP contribution is 2.21. The molecule has 7 nitrogen and oxygen atoms in total. The Balaban J connectivity index is 1.70. The van der Waals surface area contributed by atoms with Gasteiger partial charge in [0, 0.05) is 50.6 Å². The summed E-state index contributed by atoms with van der Waals surface area (Å²) in [6.07, 6.45) is 1.67. The minimum absolute atomic E-state index is 0.0669. The molecule has 0 saturated carbocycles. The fourth-order valence-corrected chi connectivity index (χ4v) is 3.12. The molecule has 7 heteroatoms. The molecule has 0 radical (unpaired) electrons. The summed E-state index contributed by atoms with van der Waals surface area (Å²) in [5.41, 5.74) is 2.65. The summed E-state index contributed by atoms with van der Waals surface area (Å²) < 4.78 is 0. The molecule has 1 aromatic heterocycles. The SMILES string of the molecule is CC(=O)Nc1cc(C(=O)N2CCN(c3ncccc3C#N)CC2)ccc1C. The Hall–Kier alpha value is -3.40. The van der Waals surface area contributed by atoms with Crippen molar-refractivity contribution in [2.45, 2.75) is 13.8 Å². The fourth-order valence-electron chi connectivity index (χ4n) is 3.12. The number of anilines is 2. The van der Waals surface area contributed by atoms with Gasteiger partial charge in [-0.1, -0.05) is 6.07 Å². The van der Waals surface area contributed by atoms with E-state index in [9.17, 15) is 14.9 Å². The number of rotatable bonds is 3. The first-order chi connectivity index (χ1) is 13.0. The van der Waals surface area contributed by atoms with Crippen molar-refractivity contribution in [1.82, 2.24) is 9.88 Å². The average molecular weight is 363 g/mol. The molecule has 0 aliphatic carbocycles. The van der Waals surface area contributed by atoms with E-state index in [1.807, 2.05) is 17.9 Å². The number of hydrogen-bond donors (Lipinski definition) is 1. The average Bonchev–Trinajstić information content (AvgIpc) is 2.69. The molecule has 1 N–H and O–H groups in total. The highest BCUT2D eigenvalue weighted by molar-refractivity contribution is 5.97. The van der Waals surface area contributed by atoms with Crippen LogP contribution in [0, 0.1) is 18.3 Å². The molecule has 2 amide bonds. The van der Waals surface area contributed by atoms with Gasteiger partial charge >= 0.3 is 0 Å². The number of aromatic nitrogens is 1. The van der Waals surface area contributed by atoms with Crippen LogP contribution < -0.4 is 10.2 Å². The topological polar surface area (TPSA) is 89.3 Å². The van der Waals surface area contributed by atoms with Crippen LogP contribution in [0.15, 0.2) is 36.5 Å². The van der Waals surface area contributed by atoms with Gasteiger partial charge in [-0.25, -0.2) is 4.98 Å². The van der Waals surface area contributed by atoms with E-state index in [0.717, 1.165) is 5.56 Å². The standard InChI is InChI=1S/C20H21N5O2/c1-14-5-6-16(12-18(14)23-15(2)26)20(27)25-10-8-24(9-11-25)19-17(13-21)4-3-7-22-19/h3-7,12H,8-11H2,1-2H3,(H,23,26). The fraction of sp³-hybridized carbons (Fsp3) is 0.300. The Bertz CT molecular complexity index is 911. The molecule has 1 saturated heterocycles. The number of amides is 2. The molecule has 1 aromatic carbocycles. The summed E-state index contributed by atoms with van der Waals surface area (Å²) in [6, 6.07) is 11.0. The lowest BCUT2D eigenvalue weighted by molar-refractivity contribution is -0.114. The van der Waals surface area contributed by atoms with Crippen LogP contribution in [-0.2, 0) is 4.79 Å². The van der Waals surface area contributed by atoms with Crippen LogP contribution in [-0.4, -0.2) is 47.9 Å². The number of hydrogen-bond acceptors (Lipinski definition) is 5. The van der Waals surface area contributed by atoms with Crippen LogP contribution in [0.1, 0.15) is 28.4 Å². The van der Waals surface area contributed by atoms with Crippen LogP contribution >= 0.6 is 0 Å². The van der Waals surface area contributed by atoms with Crippen molar-refractivity contribution >= 4 is 23.3 Å². The van der Waals surface area contributed by atoms with Crippen molar-refractivity contribution in [3.63, 3.8) is 0 Å². The Labute approximate surface area is 158 Å². The summed E-state index contributed by atoms with van der Waals surface area (Å²) in [5.74, 6) is 0.429. The summed E-state index contributed by atoms with van der Waals surface area (Å²) in [7, 11) is 0. The van der Waals surface area contributed by atoms with Gasteiger partial charge in [-0.2, -0.15) is 5.26 Å². The van der Waals surface area contributed by atoms with Crippen molar-refractivity contribution in [3.05, 3.63) is 53.2 Å². The van der Waals surface area contributed by atoms with E-state index in [0.29, 0.717) is 48.8 Å². The molecule has 2 aromatic rings. The number of nitrogens with one attached hydrogen (secondary N) is 1. The third-order valence-electron chi connectivity index (χ3n) is 4.57. The van der Waals surface area contributed by atoms with E-state index in [1.165, 1.54) is 6.92 Å². The van der Waals surface area contributed by atoms with Crippen LogP contribution in [0.3, 0.4) is 0 Å². The summed E-state index contributed by atoms with van der Waals surface area (Å²) in [6.45, 7) is 5.65. The Morgan fingerprint density at radius 1 is 1.19 bits per heavy atom. The third-order valence-corrected chi connectivity index (χ3v) is 4.57. The van der Waals surface area contributed by atoms with Gasteiger partial charge < -0.3 is 15.1 Å². The van der Waals surface area contributed by atoms with Crippen molar-refractivity contribution in [3.8, 4) is 6.07 Å². The van der Waals surface area contributed by atoms with Crippen molar-refractivity contribution in [2.24, 2.45) is 0 Å². The lowest BCUT2D eigenvalue weighted by Gasteiger charge is -2.35. The second-order valence-electron chi connectivity index (χ2n) is 6.48. The minimum atomic E-state index is -0.167. The molecule has 138 valence electrons. The van der Waals surface area contributed by atoms with Gasteiger partial charge in [-0.05, 0) is 36.8 Å². The second-order valence-corrected chi connectivity index (χ2v) is 6.48. The Morgan fingerprint density at radius 3 is 2.59 bits per heavy atom. The van der Waals surface area contributed by atoms with Crippen LogP contribution in [0.5, 0.6) is 0 Å². The second kappa shape index (κ2) is 7.87. The molecule has 3 rings (SSSR count). The normalized spacial score (nSPS) is 13.8. The maximum atomic E-state index is 12.8. The van der Waals surface area contributed by atoms with Crippen molar-refractivity contribution in [2.75, 3.05) is 36.4 Å². The number of benzene rings is 1. The number of nitriles is 1. The lowest BCUT2D eigenvalue weighted by Crippen LogP contribution is -2.49. The van der Waals surface area contributed by atoms with Gasteiger partial charge in [0.15, 0.2) is 0 Å². The molecule has 2 heterocycles. The Kier molecular flexibility index (Phi) is 5.36. The third kappa shape index (κ3) is 4.06. The number of carbonyl (C=O) groups excluding carboxylic acids is 2. The first-order valence-corrected chi connectivity index (χ1v) is 8.77. The zero-order chi connectivity index (χ0) is 19.4. The van der Waals surface area contributed by atoms with E-state index in [-0.39, 0.29) is 11.8 Å². The van der Waals surface area contributed by atoms with Gasteiger partial charge in [-0.3, -0.25) is 9.59 Å². The summed E-state index contributed by atoms with van der Waals surface area (Å²) in [5, 5.41) is 12.0. The first kappa shape index (κ1) is 18.4. The number of aryl methyl sites for hydroxylation is 1. The smallest absolute Gasteiger partial charge is 0.254 e. The summed E-state index contributed by atoms with van der Waals surface area (Å²) >= 11 is 0. The number of piperazine rings is 1. The molecule has 0 spiro atoms. The van der Waals surface area contributed by atoms with Crippen LogP contribution in [0.25, 0.3) is 0 Å². The highest BCUT2D eigenvalue weighted by Gasteiger charge is 2.24. The van der Waals surface area contributed by atoms with E-state index < -0.39 is 0 Å². The highest BCUT2D eigenvalue weighted by atomic mass is 16.2. The molecular formula is C20H21N5O2. The van der Waals surface area contributed by atoms with Crippen molar-refractivity contribution in [1.29, 1.82) is 5.26 Å². The quantitative estimate of drug-likeness (QED) is 0.903. The Morgan fingerprint density at radius 2 is 1.93 bits per heavy atom. The minimum Gasteiger partial charge on any atom is -0.352 e. The molecule has 0 bridgehead atoms. The van der Waals surface area contributed by atoms with Gasteiger partial charge in [0.1, 0.15) is 11.9 Å². The van der Waals surface area contributed by atoms with Gasteiger partial charge in [0.25, 0.3) is 5.91 Å². The molecule has 1 aliphatic heterocycles. The monoisotopic (exact) mass is 363 g/mol.